The summed E-state index contributed by atoms with van der Waals surface area (Å²) in [7, 11) is 0. The number of carbonyl (C=O) groups is 1. The van der Waals surface area contributed by atoms with Crippen LogP contribution in [-0.2, 0) is 4.79 Å². The van der Waals surface area contributed by atoms with E-state index in [2.05, 4.69) is 25.7 Å². The molecule has 2 fully saturated rings. The average molecular weight is 251 g/mol. The number of Topliss-reactive ketones (excluding diaryl/α,β-unsaturated/α-hetero) is 1. The molecule has 0 bridgehead atoms. The first-order valence-corrected chi connectivity index (χ1v) is 7.74. The molecule has 0 aromatic carbocycles. The third-order valence-electron chi connectivity index (χ3n) is 4.86. The molecule has 0 unspecified atom stereocenters. The van der Waals surface area contributed by atoms with Crippen LogP contribution in [0.2, 0.25) is 0 Å². The van der Waals surface area contributed by atoms with Crippen molar-refractivity contribution in [3.63, 3.8) is 0 Å². The third kappa shape index (κ3) is 3.57. The summed E-state index contributed by atoms with van der Waals surface area (Å²) in [6, 6.07) is 0. The smallest absolute Gasteiger partial charge is 0.136 e. The van der Waals surface area contributed by atoms with Crippen molar-refractivity contribution in [2.75, 3.05) is 13.1 Å². The Bertz CT molecular complexity index is 278. The van der Waals surface area contributed by atoms with Crippen molar-refractivity contribution in [2.45, 2.75) is 71.3 Å². The van der Waals surface area contributed by atoms with Crippen molar-refractivity contribution in [3.05, 3.63) is 0 Å². The highest BCUT2D eigenvalue weighted by Crippen LogP contribution is 2.31. The maximum Gasteiger partial charge on any atom is 0.136 e. The minimum absolute atomic E-state index is 0.292. The van der Waals surface area contributed by atoms with E-state index in [0.717, 1.165) is 6.42 Å². The van der Waals surface area contributed by atoms with Crippen LogP contribution in [0.4, 0.5) is 0 Å². The van der Waals surface area contributed by atoms with Gasteiger partial charge in [0.1, 0.15) is 5.78 Å². The van der Waals surface area contributed by atoms with Crippen LogP contribution in [0, 0.1) is 11.8 Å². The highest BCUT2D eigenvalue weighted by molar-refractivity contribution is 5.81. The maximum atomic E-state index is 12.2. The van der Waals surface area contributed by atoms with Gasteiger partial charge in [-0.1, -0.05) is 12.8 Å². The topological polar surface area (TPSA) is 20.3 Å². The highest BCUT2D eigenvalue weighted by atomic mass is 16.1. The summed E-state index contributed by atoms with van der Waals surface area (Å²) in [5.41, 5.74) is 0.292. The predicted octanol–water partition coefficient (Wildman–Crippen LogP) is 3.65. The zero-order valence-corrected chi connectivity index (χ0v) is 12.4. The van der Waals surface area contributed by atoms with Gasteiger partial charge in [-0.05, 0) is 65.5 Å². The molecule has 0 atom stereocenters. The molecule has 1 saturated carbocycles. The zero-order chi connectivity index (χ0) is 13.2. The summed E-state index contributed by atoms with van der Waals surface area (Å²) in [5, 5.41) is 0. The molecule has 0 N–H and O–H groups in total. The van der Waals surface area contributed by atoms with Crippen molar-refractivity contribution < 1.29 is 4.79 Å². The van der Waals surface area contributed by atoms with Gasteiger partial charge >= 0.3 is 0 Å². The fraction of sp³-hybridized carbons (Fsp3) is 0.938. The summed E-state index contributed by atoms with van der Waals surface area (Å²) in [6.45, 7) is 9.21. The van der Waals surface area contributed by atoms with E-state index in [1.165, 1.54) is 51.6 Å². The van der Waals surface area contributed by atoms with Crippen LogP contribution in [-0.4, -0.2) is 29.3 Å². The molecule has 1 aliphatic heterocycles. The highest BCUT2D eigenvalue weighted by Gasteiger charge is 2.30. The normalized spacial score (nSPS) is 24.6. The lowest BCUT2D eigenvalue weighted by Gasteiger charge is -2.41. The number of rotatable bonds is 3. The fourth-order valence-electron chi connectivity index (χ4n) is 3.51. The summed E-state index contributed by atoms with van der Waals surface area (Å²) >= 11 is 0. The second-order valence-corrected chi connectivity index (χ2v) is 7.25. The van der Waals surface area contributed by atoms with Crippen LogP contribution >= 0.6 is 0 Å². The molecule has 0 radical (unpaired) electrons. The van der Waals surface area contributed by atoms with Gasteiger partial charge in [-0.2, -0.15) is 0 Å². The Balaban J connectivity index is 1.75. The average Bonchev–Trinajstić information content (AvgIpc) is 2.82. The predicted molar refractivity (Wildman–Crippen MR) is 75.6 cm³/mol. The van der Waals surface area contributed by atoms with Crippen molar-refractivity contribution in [1.29, 1.82) is 0 Å². The molecule has 1 saturated heterocycles. The van der Waals surface area contributed by atoms with E-state index in [4.69, 9.17) is 0 Å². The Morgan fingerprint density at radius 3 is 2.11 bits per heavy atom. The van der Waals surface area contributed by atoms with E-state index in [1.54, 1.807) is 0 Å². The van der Waals surface area contributed by atoms with Crippen LogP contribution < -0.4 is 0 Å². The quantitative estimate of drug-likeness (QED) is 0.763. The number of nitrogens with zero attached hydrogens (tertiary/aromatic N) is 1. The van der Waals surface area contributed by atoms with Crippen molar-refractivity contribution >= 4 is 5.78 Å². The molecular weight excluding hydrogens is 222 g/mol. The molecule has 2 heteroatoms. The lowest BCUT2D eigenvalue weighted by molar-refractivity contribution is -0.124. The number of likely N-dealkylation sites (tertiary alicyclic amines) is 1. The van der Waals surface area contributed by atoms with E-state index in [-0.39, 0.29) is 0 Å². The first-order chi connectivity index (χ1) is 8.47. The van der Waals surface area contributed by atoms with Crippen LogP contribution in [0.5, 0.6) is 0 Å². The molecule has 2 nitrogen and oxygen atoms in total. The molecule has 0 amide bonds. The number of ketones is 1. The molecular formula is C16H29NO. The fourth-order valence-corrected chi connectivity index (χ4v) is 3.51. The Hall–Kier alpha value is -0.370. The van der Waals surface area contributed by atoms with Gasteiger partial charge in [0, 0.05) is 17.9 Å². The molecule has 1 aliphatic carbocycles. The van der Waals surface area contributed by atoms with Gasteiger partial charge in [0.15, 0.2) is 0 Å². The van der Waals surface area contributed by atoms with Crippen LogP contribution in [0.1, 0.15) is 65.7 Å². The van der Waals surface area contributed by atoms with Crippen molar-refractivity contribution in [2.24, 2.45) is 11.8 Å². The van der Waals surface area contributed by atoms with Crippen molar-refractivity contribution in [3.8, 4) is 0 Å². The first kappa shape index (κ1) is 14.0. The Morgan fingerprint density at radius 2 is 1.61 bits per heavy atom. The van der Waals surface area contributed by atoms with Crippen LogP contribution in [0.15, 0.2) is 0 Å². The summed E-state index contributed by atoms with van der Waals surface area (Å²) in [5.74, 6) is 1.66. The molecule has 1 heterocycles. The minimum Gasteiger partial charge on any atom is -0.299 e. The summed E-state index contributed by atoms with van der Waals surface area (Å²) in [6.07, 6.45) is 8.19. The lowest BCUT2D eigenvalue weighted by Crippen LogP contribution is -2.46. The van der Waals surface area contributed by atoms with Gasteiger partial charge in [-0.25, -0.2) is 0 Å². The second-order valence-electron chi connectivity index (χ2n) is 7.25. The van der Waals surface area contributed by atoms with E-state index in [9.17, 15) is 4.79 Å². The Kier molecular flexibility index (Phi) is 4.47. The Morgan fingerprint density at radius 1 is 1.06 bits per heavy atom. The van der Waals surface area contributed by atoms with E-state index in [1.807, 2.05) is 0 Å². The number of carbonyl (C=O) groups excluding carboxylic acids is 1. The second kappa shape index (κ2) is 5.73. The van der Waals surface area contributed by atoms with E-state index in [0.29, 0.717) is 23.2 Å². The summed E-state index contributed by atoms with van der Waals surface area (Å²) < 4.78 is 0. The number of hydrogen-bond acceptors (Lipinski definition) is 2. The van der Waals surface area contributed by atoms with Gasteiger partial charge in [0.25, 0.3) is 0 Å². The standard InChI is InChI=1S/C16H29NO/c1-16(2,3)17-10-8-13(9-11-17)12-15(18)14-6-4-5-7-14/h13-14H,4-12H2,1-3H3. The molecule has 2 rings (SSSR count). The maximum absolute atomic E-state index is 12.2. The monoisotopic (exact) mass is 251 g/mol. The first-order valence-electron chi connectivity index (χ1n) is 7.74. The van der Waals surface area contributed by atoms with Crippen LogP contribution in [0.25, 0.3) is 0 Å². The van der Waals surface area contributed by atoms with E-state index >= 15 is 0 Å². The molecule has 18 heavy (non-hydrogen) atoms. The summed E-state index contributed by atoms with van der Waals surface area (Å²) in [4.78, 5) is 14.7. The van der Waals surface area contributed by atoms with Gasteiger partial charge in [0.05, 0.1) is 0 Å². The molecule has 0 aromatic rings. The van der Waals surface area contributed by atoms with Gasteiger partial charge in [-0.15, -0.1) is 0 Å². The van der Waals surface area contributed by atoms with Gasteiger partial charge < -0.3 is 0 Å². The van der Waals surface area contributed by atoms with Crippen LogP contribution in [0.3, 0.4) is 0 Å². The molecule has 104 valence electrons. The molecule has 0 spiro atoms. The van der Waals surface area contributed by atoms with Crippen molar-refractivity contribution in [1.82, 2.24) is 4.90 Å². The van der Waals surface area contributed by atoms with Gasteiger partial charge in [0.2, 0.25) is 0 Å². The lowest BCUT2D eigenvalue weighted by atomic mass is 9.86. The van der Waals surface area contributed by atoms with E-state index < -0.39 is 0 Å². The zero-order valence-electron chi connectivity index (χ0n) is 12.4. The number of hydrogen-bond donors (Lipinski definition) is 0. The number of piperidine rings is 1. The van der Waals surface area contributed by atoms with Gasteiger partial charge in [-0.3, -0.25) is 9.69 Å². The largest absolute Gasteiger partial charge is 0.299 e. The SMILES string of the molecule is CC(C)(C)N1CCC(CC(=O)C2CCCC2)CC1. The molecule has 0 aromatic heterocycles. The third-order valence-corrected chi connectivity index (χ3v) is 4.86. The minimum atomic E-state index is 0.292. The Labute approximate surface area is 112 Å². The molecule has 2 aliphatic rings.